The van der Waals surface area contributed by atoms with Crippen LogP contribution in [0.15, 0.2) is 36.4 Å². The van der Waals surface area contributed by atoms with Crippen molar-refractivity contribution in [3.05, 3.63) is 53.1 Å². The molecule has 0 saturated carbocycles. The van der Waals surface area contributed by atoms with Crippen molar-refractivity contribution in [1.29, 1.82) is 0 Å². The van der Waals surface area contributed by atoms with Gasteiger partial charge in [0.1, 0.15) is 9.84 Å². The van der Waals surface area contributed by atoms with E-state index in [-0.39, 0.29) is 11.8 Å². The van der Waals surface area contributed by atoms with Crippen LogP contribution in [0.1, 0.15) is 29.7 Å². The maximum Gasteiger partial charge on any atom is 0.161 e. The zero-order valence-electron chi connectivity index (χ0n) is 15.9. The van der Waals surface area contributed by atoms with Crippen LogP contribution in [0.4, 0.5) is 5.69 Å². The van der Waals surface area contributed by atoms with E-state index in [4.69, 9.17) is 15.2 Å². The molecule has 0 spiro atoms. The van der Waals surface area contributed by atoms with Gasteiger partial charge in [-0.1, -0.05) is 18.2 Å². The highest BCUT2D eigenvalue weighted by Gasteiger charge is 2.31. The summed E-state index contributed by atoms with van der Waals surface area (Å²) in [5.41, 5.74) is 9.98. The molecule has 27 heavy (non-hydrogen) atoms. The summed E-state index contributed by atoms with van der Waals surface area (Å²) >= 11 is 0. The molecule has 0 bridgehead atoms. The molecule has 2 aromatic carbocycles. The predicted octanol–water partition coefficient (Wildman–Crippen LogP) is 2.78. The quantitative estimate of drug-likeness (QED) is 0.732. The lowest BCUT2D eigenvalue weighted by Crippen LogP contribution is -2.29. The number of sulfone groups is 1. The van der Waals surface area contributed by atoms with E-state index in [2.05, 4.69) is 4.90 Å². The van der Waals surface area contributed by atoms with Crippen LogP contribution in [0, 0.1) is 0 Å². The highest BCUT2D eigenvalue weighted by Crippen LogP contribution is 2.37. The number of nitrogens with zero attached hydrogens (tertiary/aromatic N) is 1. The Morgan fingerprint density at radius 1 is 1.19 bits per heavy atom. The second kappa shape index (κ2) is 7.78. The molecule has 7 heteroatoms. The Morgan fingerprint density at radius 2 is 1.96 bits per heavy atom. The average molecular weight is 391 g/mol. The summed E-state index contributed by atoms with van der Waals surface area (Å²) in [7, 11) is -1.60. The molecule has 3 rings (SSSR count). The van der Waals surface area contributed by atoms with E-state index in [0.717, 1.165) is 22.4 Å². The minimum absolute atomic E-state index is 0.0266. The van der Waals surface area contributed by atoms with Crippen LogP contribution in [0.25, 0.3) is 0 Å². The first-order chi connectivity index (χ1) is 12.8. The summed E-state index contributed by atoms with van der Waals surface area (Å²) in [5.74, 6) is 1.28. The third kappa shape index (κ3) is 4.36. The summed E-state index contributed by atoms with van der Waals surface area (Å²) in [6, 6.07) is 11.2. The number of ether oxygens (including phenoxy) is 2. The lowest BCUT2D eigenvalue weighted by Gasteiger charge is -2.28. The van der Waals surface area contributed by atoms with Gasteiger partial charge in [-0.15, -0.1) is 0 Å². The topological polar surface area (TPSA) is 81.9 Å². The fourth-order valence-corrected chi connectivity index (χ4v) is 4.54. The number of fused-ring (bicyclic) bond motifs is 1. The maximum atomic E-state index is 12.1. The molecule has 0 amide bonds. The average Bonchev–Trinajstić information content (AvgIpc) is 3.05. The number of hydrogen-bond acceptors (Lipinski definition) is 6. The molecule has 2 N–H and O–H groups in total. The van der Waals surface area contributed by atoms with Crippen LogP contribution in [0.5, 0.6) is 11.5 Å². The highest BCUT2D eigenvalue weighted by atomic mass is 32.2. The molecule has 0 fully saturated rings. The van der Waals surface area contributed by atoms with Crippen LogP contribution in [-0.4, -0.2) is 39.0 Å². The van der Waals surface area contributed by atoms with Gasteiger partial charge in [-0.05, 0) is 41.8 Å². The van der Waals surface area contributed by atoms with Gasteiger partial charge in [0.15, 0.2) is 11.5 Å². The molecule has 1 heterocycles. The number of nitrogen functional groups attached to an aromatic ring is 1. The maximum absolute atomic E-state index is 12.1. The third-order valence-corrected chi connectivity index (χ3v) is 5.74. The van der Waals surface area contributed by atoms with Gasteiger partial charge in [0.05, 0.1) is 19.5 Å². The Labute approximate surface area is 160 Å². The monoisotopic (exact) mass is 390 g/mol. The van der Waals surface area contributed by atoms with E-state index >= 15 is 0 Å². The first kappa shape index (κ1) is 19.5. The molecular weight excluding hydrogens is 364 g/mol. The molecule has 1 atom stereocenters. The van der Waals surface area contributed by atoms with Gasteiger partial charge in [0.2, 0.25) is 0 Å². The molecule has 6 nitrogen and oxygen atoms in total. The highest BCUT2D eigenvalue weighted by molar-refractivity contribution is 7.90. The van der Waals surface area contributed by atoms with Gasteiger partial charge in [-0.25, -0.2) is 8.42 Å². The smallest absolute Gasteiger partial charge is 0.161 e. The van der Waals surface area contributed by atoms with Crippen LogP contribution in [0.3, 0.4) is 0 Å². The second-order valence-corrected chi connectivity index (χ2v) is 9.03. The summed E-state index contributed by atoms with van der Waals surface area (Å²) < 4.78 is 35.3. The summed E-state index contributed by atoms with van der Waals surface area (Å²) in [5, 5.41) is 0. The Kier molecular flexibility index (Phi) is 5.62. The molecule has 1 aliphatic rings. The van der Waals surface area contributed by atoms with E-state index in [0.29, 0.717) is 31.2 Å². The van der Waals surface area contributed by atoms with Crippen LogP contribution in [0.2, 0.25) is 0 Å². The molecule has 0 radical (unpaired) electrons. The molecule has 0 aliphatic carbocycles. The number of anilines is 1. The SMILES string of the molecule is CCOc1cc(C(CS(C)(=O)=O)N2Cc3cccc(N)c3C2)ccc1OC. The summed E-state index contributed by atoms with van der Waals surface area (Å²) in [6.45, 7) is 3.69. The van der Waals surface area contributed by atoms with Gasteiger partial charge >= 0.3 is 0 Å². The van der Waals surface area contributed by atoms with Crippen molar-refractivity contribution in [3.63, 3.8) is 0 Å². The fourth-order valence-electron chi connectivity index (χ4n) is 3.56. The molecule has 2 aromatic rings. The van der Waals surface area contributed by atoms with Crippen LogP contribution >= 0.6 is 0 Å². The van der Waals surface area contributed by atoms with E-state index < -0.39 is 9.84 Å². The molecule has 0 saturated heterocycles. The summed E-state index contributed by atoms with van der Waals surface area (Å²) in [4.78, 5) is 2.15. The van der Waals surface area contributed by atoms with Crippen molar-refractivity contribution in [2.75, 3.05) is 31.5 Å². The Bertz CT molecular complexity index is 928. The lowest BCUT2D eigenvalue weighted by molar-refractivity contribution is 0.216. The van der Waals surface area contributed by atoms with Gasteiger partial charge in [-0.2, -0.15) is 0 Å². The fraction of sp³-hybridized carbons (Fsp3) is 0.400. The third-order valence-electron chi connectivity index (χ3n) is 4.82. The van der Waals surface area contributed by atoms with Crippen molar-refractivity contribution < 1.29 is 17.9 Å². The molecule has 146 valence electrons. The molecular formula is C20H26N2O4S. The van der Waals surface area contributed by atoms with Gasteiger partial charge in [-0.3, -0.25) is 4.90 Å². The zero-order valence-corrected chi connectivity index (χ0v) is 16.8. The van der Waals surface area contributed by atoms with E-state index in [9.17, 15) is 8.42 Å². The largest absolute Gasteiger partial charge is 0.493 e. The standard InChI is InChI=1S/C20H26N2O4S/c1-4-26-20-10-14(8-9-19(20)25-2)18(13-27(3,23)24)22-11-15-6-5-7-17(21)16(15)12-22/h5-10,18H,4,11-13,21H2,1-3H3. The number of hydrogen-bond donors (Lipinski definition) is 1. The molecule has 1 unspecified atom stereocenters. The van der Waals surface area contributed by atoms with Crippen LogP contribution in [-0.2, 0) is 22.9 Å². The first-order valence-electron chi connectivity index (χ1n) is 8.91. The Morgan fingerprint density at radius 3 is 2.59 bits per heavy atom. The lowest BCUT2D eigenvalue weighted by atomic mass is 10.1. The Hall–Kier alpha value is -2.25. The zero-order chi connectivity index (χ0) is 19.6. The van der Waals surface area contributed by atoms with Crippen molar-refractivity contribution in [2.45, 2.75) is 26.1 Å². The van der Waals surface area contributed by atoms with E-state index in [1.807, 2.05) is 43.3 Å². The van der Waals surface area contributed by atoms with Gasteiger partial charge in [0, 0.05) is 31.1 Å². The van der Waals surface area contributed by atoms with Gasteiger partial charge in [0.25, 0.3) is 0 Å². The van der Waals surface area contributed by atoms with Crippen molar-refractivity contribution in [2.24, 2.45) is 0 Å². The van der Waals surface area contributed by atoms with Crippen LogP contribution < -0.4 is 15.2 Å². The first-order valence-corrected chi connectivity index (χ1v) is 11.0. The molecule has 1 aliphatic heterocycles. The normalized spacial score (nSPS) is 15.4. The predicted molar refractivity (Wildman–Crippen MR) is 107 cm³/mol. The number of nitrogens with two attached hydrogens (primary N) is 1. The number of rotatable bonds is 7. The summed E-state index contributed by atoms with van der Waals surface area (Å²) in [6.07, 6.45) is 1.27. The second-order valence-electron chi connectivity index (χ2n) is 6.84. The number of benzene rings is 2. The van der Waals surface area contributed by atoms with Gasteiger partial charge < -0.3 is 15.2 Å². The number of methoxy groups -OCH3 is 1. The van der Waals surface area contributed by atoms with Crippen molar-refractivity contribution >= 4 is 15.5 Å². The minimum atomic E-state index is -3.19. The van der Waals surface area contributed by atoms with E-state index in [1.54, 1.807) is 7.11 Å². The Balaban J connectivity index is 1.98. The molecule has 0 aromatic heterocycles. The van der Waals surface area contributed by atoms with E-state index in [1.165, 1.54) is 6.26 Å². The minimum Gasteiger partial charge on any atom is -0.493 e. The van der Waals surface area contributed by atoms with Crippen molar-refractivity contribution in [3.8, 4) is 11.5 Å². The van der Waals surface area contributed by atoms with Crippen molar-refractivity contribution in [1.82, 2.24) is 4.90 Å².